The summed E-state index contributed by atoms with van der Waals surface area (Å²) in [4.78, 5) is 44.1. The van der Waals surface area contributed by atoms with Gasteiger partial charge in [-0.1, -0.05) is 34.1 Å². The third-order valence-corrected chi connectivity index (χ3v) is 7.73. The molecule has 0 aliphatic carbocycles. The van der Waals surface area contributed by atoms with Crippen LogP contribution in [0.2, 0.25) is 0 Å². The van der Waals surface area contributed by atoms with Crippen molar-refractivity contribution in [2.24, 2.45) is 0 Å². The number of carbonyl (C=O) groups excluding carboxylic acids is 2. The lowest BCUT2D eigenvalue weighted by Gasteiger charge is -2.32. The van der Waals surface area contributed by atoms with Crippen molar-refractivity contribution in [3.05, 3.63) is 104 Å². The Morgan fingerprint density at radius 3 is 2.51 bits per heavy atom. The van der Waals surface area contributed by atoms with Gasteiger partial charge in [-0.05, 0) is 79.3 Å². The number of rotatable bonds is 6. The second-order valence-electron chi connectivity index (χ2n) is 9.86. The number of amides is 2. The van der Waals surface area contributed by atoms with Gasteiger partial charge < -0.3 is 10.2 Å². The number of nitrogens with one attached hydrogen (secondary N) is 1. The van der Waals surface area contributed by atoms with Crippen molar-refractivity contribution in [2.75, 3.05) is 18.4 Å². The highest BCUT2D eigenvalue weighted by Gasteiger charge is 2.25. The minimum absolute atomic E-state index is 0.139. The Hall–Kier alpha value is -3.85. The molecule has 1 fully saturated rings. The number of aryl methyl sites for hydroxylation is 2. The first kappa shape index (κ1) is 26.7. The summed E-state index contributed by atoms with van der Waals surface area (Å²) < 4.78 is 16.1. The fourth-order valence-electron chi connectivity index (χ4n) is 4.90. The van der Waals surface area contributed by atoms with Crippen molar-refractivity contribution in [2.45, 2.75) is 38.6 Å². The van der Waals surface area contributed by atoms with Crippen LogP contribution in [0.4, 0.5) is 10.1 Å². The number of benzene rings is 3. The molecule has 2 heterocycles. The Kier molecular flexibility index (Phi) is 7.88. The summed E-state index contributed by atoms with van der Waals surface area (Å²) in [6.45, 7) is 3.12. The monoisotopic (exact) mass is 590 g/mol. The molecule has 0 radical (unpaired) electrons. The topological polar surface area (TPSA) is 84.3 Å². The molecule has 1 saturated heterocycles. The molecular formula is C30H28BrFN4O3. The number of piperidine rings is 1. The summed E-state index contributed by atoms with van der Waals surface area (Å²) in [6.07, 6.45) is 3.24. The minimum Gasteiger partial charge on any atom is -0.339 e. The van der Waals surface area contributed by atoms with Gasteiger partial charge in [0.15, 0.2) is 0 Å². The maximum atomic E-state index is 13.9. The number of nitrogens with zero attached hydrogens (tertiary/aromatic N) is 3. The summed E-state index contributed by atoms with van der Waals surface area (Å²) in [6, 6.07) is 17.7. The predicted molar refractivity (Wildman–Crippen MR) is 152 cm³/mol. The van der Waals surface area contributed by atoms with E-state index in [1.165, 1.54) is 17.0 Å². The third kappa shape index (κ3) is 6.09. The number of hydrogen-bond acceptors (Lipinski definition) is 4. The van der Waals surface area contributed by atoms with E-state index in [4.69, 9.17) is 0 Å². The molecule has 0 spiro atoms. The highest BCUT2D eigenvalue weighted by atomic mass is 79.9. The largest absolute Gasteiger partial charge is 0.339 e. The normalized spacial score (nSPS) is 14.0. The number of fused-ring (bicyclic) bond motifs is 1. The molecular weight excluding hydrogens is 563 g/mol. The van der Waals surface area contributed by atoms with Crippen molar-refractivity contribution in [3.63, 3.8) is 0 Å². The van der Waals surface area contributed by atoms with Crippen molar-refractivity contribution in [1.82, 2.24) is 14.5 Å². The smallest absolute Gasteiger partial charge is 0.261 e. The molecule has 0 unspecified atom stereocenters. The first-order valence-corrected chi connectivity index (χ1v) is 13.7. The van der Waals surface area contributed by atoms with Crippen LogP contribution >= 0.6 is 15.9 Å². The number of aromatic nitrogens is 2. The molecule has 3 aromatic carbocycles. The van der Waals surface area contributed by atoms with E-state index in [2.05, 4.69) is 26.2 Å². The lowest BCUT2D eigenvalue weighted by molar-refractivity contribution is -0.116. The number of halogens is 2. The highest BCUT2D eigenvalue weighted by molar-refractivity contribution is 9.10. The van der Waals surface area contributed by atoms with E-state index in [9.17, 15) is 18.8 Å². The fraction of sp³-hybridized carbons (Fsp3) is 0.267. The van der Waals surface area contributed by atoms with Crippen LogP contribution in [0.25, 0.3) is 10.9 Å². The Bertz CT molecular complexity index is 1590. The standard InChI is InChI=1S/C30H28BrFN4O3/c1-19-2-3-22(16-26(19)32)29(38)35-13-10-21(11-14-35)20-4-7-24(8-5-20)34-28(37)12-15-36-18-33-27-9-6-23(31)17-25(27)30(36)39/h2-9,16-18,21H,10-15H2,1H3,(H,34,37). The molecule has 39 heavy (non-hydrogen) atoms. The first-order chi connectivity index (χ1) is 18.8. The number of anilines is 1. The molecule has 200 valence electrons. The van der Waals surface area contributed by atoms with Gasteiger partial charge in [0.2, 0.25) is 5.91 Å². The zero-order valence-electron chi connectivity index (χ0n) is 21.5. The molecule has 9 heteroatoms. The van der Waals surface area contributed by atoms with Crippen LogP contribution in [0.15, 0.2) is 76.3 Å². The predicted octanol–water partition coefficient (Wildman–Crippen LogP) is 5.66. The lowest BCUT2D eigenvalue weighted by atomic mass is 9.89. The van der Waals surface area contributed by atoms with Crippen molar-refractivity contribution in [3.8, 4) is 0 Å². The first-order valence-electron chi connectivity index (χ1n) is 12.9. The van der Waals surface area contributed by atoms with Gasteiger partial charge in [-0.25, -0.2) is 9.37 Å². The second-order valence-corrected chi connectivity index (χ2v) is 10.8. The van der Waals surface area contributed by atoms with Crippen LogP contribution in [0.3, 0.4) is 0 Å². The Balaban J connectivity index is 1.13. The van der Waals surface area contributed by atoms with Gasteiger partial charge in [-0.2, -0.15) is 0 Å². The molecule has 1 aliphatic rings. The van der Waals surface area contributed by atoms with Crippen LogP contribution < -0.4 is 10.9 Å². The van der Waals surface area contributed by atoms with Crippen LogP contribution in [0.5, 0.6) is 0 Å². The van der Waals surface area contributed by atoms with E-state index >= 15 is 0 Å². The Morgan fingerprint density at radius 1 is 1.05 bits per heavy atom. The quantitative estimate of drug-likeness (QED) is 0.314. The van der Waals surface area contributed by atoms with Gasteiger partial charge in [-0.15, -0.1) is 0 Å². The highest BCUT2D eigenvalue weighted by Crippen LogP contribution is 2.29. The van der Waals surface area contributed by atoms with E-state index < -0.39 is 0 Å². The summed E-state index contributed by atoms with van der Waals surface area (Å²) in [5.74, 6) is -0.389. The third-order valence-electron chi connectivity index (χ3n) is 7.23. The van der Waals surface area contributed by atoms with Crippen molar-refractivity contribution < 1.29 is 14.0 Å². The van der Waals surface area contributed by atoms with Crippen LogP contribution in [-0.2, 0) is 11.3 Å². The Labute approximate surface area is 233 Å². The van der Waals surface area contributed by atoms with Crippen LogP contribution in [-0.4, -0.2) is 39.4 Å². The molecule has 5 rings (SSSR count). The SMILES string of the molecule is Cc1ccc(C(=O)N2CCC(c3ccc(NC(=O)CCn4cnc5ccc(Br)cc5c4=O)cc3)CC2)cc1F. The average molecular weight is 591 g/mol. The molecule has 1 N–H and O–H groups in total. The molecule has 0 bridgehead atoms. The van der Waals surface area contributed by atoms with Gasteiger partial charge in [-0.3, -0.25) is 19.0 Å². The van der Waals surface area contributed by atoms with E-state index in [1.807, 2.05) is 30.3 Å². The summed E-state index contributed by atoms with van der Waals surface area (Å²) in [5.41, 5.74) is 3.18. The van der Waals surface area contributed by atoms with E-state index in [0.29, 0.717) is 46.7 Å². The lowest BCUT2D eigenvalue weighted by Crippen LogP contribution is -2.38. The molecule has 7 nitrogen and oxygen atoms in total. The molecule has 0 atom stereocenters. The molecule has 2 amide bonds. The van der Waals surface area contributed by atoms with E-state index in [-0.39, 0.29) is 36.2 Å². The maximum Gasteiger partial charge on any atom is 0.261 e. The molecule has 1 aliphatic heterocycles. The van der Waals surface area contributed by atoms with Gasteiger partial charge in [0, 0.05) is 41.8 Å². The zero-order valence-corrected chi connectivity index (χ0v) is 23.1. The number of carbonyl (C=O) groups is 2. The maximum absolute atomic E-state index is 13.9. The molecule has 1 aromatic heterocycles. The van der Waals surface area contributed by atoms with Crippen LogP contribution in [0, 0.1) is 12.7 Å². The zero-order chi connectivity index (χ0) is 27.5. The van der Waals surface area contributed by atoms with Crippen molar-refractivity contribution >= 4 is 44.3 Å². The average Bonchev–Trinajstić information content (AvgIpc) is 2.94. The second kappa shape index (κ2) is 11.5. The van der Waals surface area contributed by atoms with Gasteiger partial charge >= 0.3 is 0 Å². The fourth-order valence-corrected chi connectivity index (χ4v) is 5.26. The van der Waals surface area contributed by atoms with Crippen LogP contribution in [0.1, 0.15) is 46.7 Å². The van der Waals surface area contributed by atoms with Gasteiger partial charge in [0.25, 0.3) is 11.5 Å². The molecule has 0 saturated carbocycles. The summed E-state index contributed by atoms with van der Waals surface area (Å²) in [5, 5.41) is 3.39. The summed E-state index contributed by atoms with van der Waals surface area (Å²) in [7, 11) is 0. The summed E-state index contributed by atoms with van der Waals surface area (Å²) >= 11 is 3.37. The Morgan fingerprint density at radius 2 is 1.79 bits per heavy atom. The van der Waals surface area contributed by atoms with Gasteiger partial charge in [0.05, 0.1) is 17.2 Å². The van der Waals surface area contributed by atoms with Crippen molar-refractivity contribution in [1.29, 1.82) is 0 Å². The van der Waals surface area contributed by atoms with Gasteiger partial charge in [0.1, 0.15) is 5.82 Å². The molecule has 4 aromatic rings. The van der Waals surface area contributed by atoms with E-state index in [1.54, 1.807) is 36.1 Å². The van der Waals surface area contributed by atoms with E-state index in [0.717, 1.165) is 22.9 Å². The number of likely N-dealkylation sites (tertiary alicyclic amines) is 1. The minimum atomic E-state index is -0.365. The number of hydrogen-bond donors (Lipinski definition) is 1.